The van der Waals surface area contributed by atoms with Crippen LogP contribution in [0.2, 0.25) is 0 Å². The first kappa shape index (κ1) is 18.0. The van der Waals surface area contributed by atoms with Crippen LogP contribution in [0.15, 0.2) is 36.4 Å². The average molecular weight is 386 g/mol. The van der Waals surface area contributed by atoms with Crippen molar-refractivity contribution in [2.45, 2.75) is 12.8 Å². The molecule has 4 rings (SSSR count). The van der Waals surface area contributed by atoms with Gasteiger partial charge in [0.15, 0.2) is 23.0 Å². The van der Waals surface area contributed by atoms with Crippen LogP contribution in [-0.4, -0.2) is 35.7 Å². The van der Waals surface area contributed by atoms with E-state index in [1.54, 1.807) is 36.4 Å². The Kier molecular flexibility index (Phi) is 4.68. The molecule has 0 fully saturated rings. The fourth-order valence-corrected chi connectivity index (χ4v) is 3.45. The summed E-state index contributed by atoms with van der Waals surface area (Å²) in [7, 11) is 0. The van der Waals surface area contributed by atoms with E-state index in [9.17, 15) is 19.8 Å². The second-order valence-electron chi connectivity index (χ2n) is 6.67. The van der Waals surface area contributed by atoms with Crippen LogP contribution in [0.1, 0.15) is 11.1 Å². The van der Waals surface area contributed by atoms with Gasteiger partial charge in [0.25, 0.3) is 0 Å². The summed E-state index contributed by atoms with van der Waals surface area (Å²) in [5.41, 5.74) is 1.35. The molecule has 0 saturated heterocycles. The van der Waals surface area contributed by atoms with E-state index in [4.69, 9.17) is 18.9 Å². The number of rotatable bonds is 7. The molecule has 0 radical (unpaired) electrons. The smallest absolute Gasteiger partial charge is 0.307 e. The molecular formula is C20H18O8. The van der Waals surface area contributed by atoms with Crippen LogP contribution in [0.5, 0.6) is 23.0 Å². The molecule has 2 atom stereocenters. The molecule has 0 spiro atoms. The van der Waals surface area contributed by atoms with Crippen LogP contribution >= 0.6 is 0 Å². The summed E-state index contributed by atoms with van der Waals surface area (Å²) in [4.78, 5) is 23.8. The summed E-state index contributed by atoms with van der Waals surface area (Å²) in [5, 5.41) is 19.4. The Morgan fingerprint density at radius 2 is 1.11 bits per heavy atom. The van der Waals surface area contributed by atoms with E-state index >= 15 is 0 Å². The Balaban J connectivity index is 1.56. The van der Waals surface area contributed by atoms with Crippen molar-refractivity contribution in [1.29, 1.82) is 0 Å². The minimum Gasteiger partial charge on any atom is -0.481 e. The summed E-state index contributed by atoms with van der Waals surface area (Å²) in [6.45, 7) is 0.228. The van der Waals surface area contributed by atoms with Gasteiger partial charge in [-0.1, -0.05) is 12.1 Å². The summed E-state index contributed by atoms with van der Waals surface area (Å²) in [5.74, 6) is -2.30. The van der Waals surface area contributed by atoms with Gasteiger partial charge in [-0.15, -0.1) is 0 Å². The van der Waals surface area contributed by atoms with Gasteiger partial charge in [0, 0.05) is 0 Å². The van der Waals surface area contributed by atoms with Gasteiger partial charge in [0.2, 0.25) is 13.6 Å². The van der Waals surface area contributed by atoms with Crippen molar-refractivity contribution in [3.05, 3.63) is 47.5 Å². The zero-order valence-electron chi connectivity index (χ0n) is 14.8. The number of benzene rings is 2. The molecule has 146 valence electrons. The summed E-state index contributed by atoms with van der Waals surface area (Å²) >= 11 is 0. The predicted octanol–water partition coefficient (Wildman–Crippen LogP) is 2.33. The first-order valence-electron chi connectivity index (χ1n) is 8.74. The predicted molar refractivity (Wildman–Crippen MR) is 94.8 cm³/mol. The molecule has 2 aliphatic heterocycles. The second kappa shape index (κ2) is 7.30. The molecule has 0 unspecified atom stereocenters. The number of ether oxygens (including phenoxy) is 4. The van der Waals surface area contributed by atoms with Crippen molar-refractivity contribution >= 4 is 11.9 Å². The molecule has 8 nitrogen and oxygen atoms in total. The quantitative estimate of drug-likeness (QED) is 0.746. The highest BCUT2D eigenvalue weighted by molar-refractivity contribution is 5.80. The molecule has 0 aromatic heterocycles. The highest BCUT2D eigenvalue weighted by Crippen LogP contribution is 2.36. The highest BCUT2D eigenvalue weighted by atomic mass is 16.7. The van der Waals surface area contributed by atoms with Gasteiger partial charge in [-0.2, -0.15) is 0 Å². The standard InChI is InChI=1S/C20H18O8/c21-19(22)13(5-11-1-3-15-17(7-11)27-9-25-15)14(20(23)24)6-12-2-4-16-18(8-12)28-10-26-16/h1-4,7-8,13-14H,5-6,9-10H2,(H,21,22)(H,23,24)/t13-,14+. The third-order valence-electron chi connectivity index (χ3n) is 4.91. The molecule has 2 aromatic carbocycles. The Morgan fingerprint density at radius 1 is 0.714 bits per heavy atom. The molecule has 2 N–H and O–H groups in total. The molecule has 2 aliphatic rings. The second-order valence-corrected chi connectivity index (χ2v) is 6.67. The molecule has 28 heavy (non-hydrogen) atoms. The van der Waals surface area contributed by atoms with Crippen molar-refractivity contribution in [1.82, 2.24) is 0 Å². The van der Waals surface area contributed by atoms with Crippen LogP contribution in [0.4, 0.5) is 0 Å². The van der Waals surface area contributed by atoms with E-state index in [-0.39, 0.29) is 26.4 Å². The number of carboxylic acid groups (broad SMARTS) is 2. The van der Waals surface area contributed by atoms with E-state index in [1.807, 2.05) is 0 Å². The van der Waals surface area contributed by atoms with Crippen molar-refractivity contribution in [2.24, 2.45) is 11.8 Å². The third-order valence-corrected chi connectivity index (χ3v) is 4.91. The number of carboxylic acids is 2. The summed E-state index contributed by atoms with van der Waals surface area (Å²) in [6.07, 6.45) is 0.126. The van der Waals surface area contributed by atoms with Gasteiger partial charge < -0.3 is 29.2 Å². The Hall–Kier alpha value is -3.42. The fraction of sp³-hybridized carbons (Fsp3) is 0.300. The highest BCUT2D eigenvalue weighted by Gasteiger charge is 2.34. The van der Waals surface area contributed by atoms with E-state index in [2.05, 4.69) is 0 Å². The van der Waals surface area contributed by atoms with Gasteiger partial charge in [-0.3, -0.25) is 9.59 Å². The van der Waals surface area contributed by atoms with Crippen molar-refractivity contribution < 1.29 is 38.7 Å². The number of hydrogen-bond donors (Lipinski definition) is 2. The largest absolute Gasteiger partial charge is 0.481 e. The topological polar surface area (TPSA) is 112 Å². The number of fused-ring (bicyclic) bond motifs is 2. The van der Waals surface area contributed by atoms with E-state index in [1.165, 1.54) is 0 Å². The van der Waals surface area contributed by atoms with E-state index in [0.717, 1.165) is 0 Å². The van der Waals surface area contributed by atoms with Gasteiger partial charge in [-0.05, 0) is 48.2 Å². The van der Waals surface area contributed by atoms with Crippen LogP contribution in [0, 0.1) is 11.8 Å². The maximum atomic E-state index is 11.9. The molecule has 0 amide bonds. The lowest BCUT2D eigenvalue weighted by Gasteiger charge is -2.21. The maximum absolute atomic E-state index is 11.9. The van der Waals surface area contributed by atoms with Crippen LogP contribution < -0.4 is 18.9 Å². The van der Waals surface area contributed by atoms with Crippen LogP contribution in [0.3, 0.4) is 0 Å². The molecule has 0 aliphatic carbocycles. The molecule has 0 bridgehead atoms. The SMILES string of the molecule is O=C(O)[C@@H](Cc1ccc2c(c1)OCO2)[C@@H](Cc1ccc2c(c1)OCO2)C(=O)O. The summed E-state index contributed by atoms with van der Waals surface area (Å²) in [6, 6.07) is 10.2. The van der Waals surface area contributed by atoms with Crippen molar-refractivity contribution in [3.8, 4) is 23.0 Å². The Labute approximate surface area is 160 Å². The monoisotopic (exact) mass is 386 g/mol. The number of carbonyl (C=O) groups is 2. The van der Waals surface area contributed by atoms with Gasteiger partial charge in [0.1, 0.15) is 0 Å². The third kappa shape index (κ3) is 3.53. The van der Waals surface area contributed by atoms with E-state index < -0.39 is 23.8 Å². The lowest BCUT2D eigenvalue weighted by atomic mass is 9.82. The van der Waals surface area contributed by atoms with Crippen LogP contribution in [-0.2, 0) is 22.4 Å². The molecular weight excluding hydrogens is 368 g/mol. The summed E-state index contributed by atoms with van der Waals surface area (Å²) < 4.78 is 21.1. The molecule has 0 saturated carbocycles. The fourth-order valence-electron chi connectivity index (χ4n) is 3.45. The van der Waals surface area contributed by atoms with Gasteiger partial charge in [-0.25, -0.2) is 0 Å². The normalized spacial score (nSPS) is 15.9. The first-order valence-corrected chi connectivity index (χ1v) is 8.74. The lowest BCUT2D eigenvalue weighted by molar-refractivity contribution is -0.153. The first-order chi connectivity index (χ1) is 13.5. The van der Waals surface area contributed by atoms with Crippen molar-refractivity contribution in [3.63, 3.8) is 0 Å². The van der Waals surface area contributed by atoms with Gasteiger partial charge in [0.05, 0.1) is 11.8 Å². The minimum atomic E-state index is -1.16. The van der Waals surface area contributed by atoms with Crippen LogP contribution in [0.25, 0.3) is 0 Å². The molecule has 2 aromatic rings. The van der Waals surface area contributed by atoms with Crippen molar-refractivity contribution in [2.75, 3.05) is 13.6 Å². The van der Waals surface area contributed by atoms with Gasteiger partial charge >= 0.3 is 11.9 Å². The van der Waals surface area contributed by atoms with E-state index in [0.29, 0.717) is 34.1 Å². The zero-order valence-corrected chi connectivity index (χ0v) is 14.8. The average Bonchev–Trinajstić information content (AvgIpc) is 3.32. The molecule has 8 heteroatoms. The number of hydrogen-bond acceptors (Lipinski definition) is 6. The molecule has 2 heterocycles. The lowest BCUT2D eigenvalue weighted by Crippen LogP contribution is -2.33. The maximum Gasteiger partial charge on any atom is 0.307 e. The number of aliphatic carboxylic acids is 2. The minimum absolute atomic E-state index is 0.0630. The Bertz CT molecular complexity index is 847. The zero-order chi connectivity index (χ0) is 19.7. The Morgan fingerprint density at radius 3 is 1.50 bits per heavy atom.